The highest BCUT2D eigenvalue weighted by Crippen LogP contribution is 2.30. The minimum absolute atomic E-state index is 0.135. The molecule has 0 saturated carbocycles. The molecule has 1 N–H and O–H groups in total. The summed E-state index contributed by atoms with van der Waals surface area (Å²) in [5, 5.41) is 13.0. The van der Waals surface area contributed by atoms with Crippen molar-refractivity contribution in [3.8, 4) is 11.3 Å². The normalized spacial score (nSPS) is 18.8. The second-order valence-electron chi connectivity index (χ2n) is 8.56. The molecule has 3 aromatic rings. The molecule has 2 aliphatic heterocycles. The fraction of sp³-hybridized carbons (Fsp3) is 0.391. The van der Waals surface area contributed by atoms with E-state index in [1.807, 2.05) is 11.0 Å². The summed E-state index contributed by atoms with van der Waals surface area (Å²) >= 11 is 0. The summed E-state index contributed by atoms with van der Waals surface area (Å²) in [4.78, 5) is 29.0. The molecular weight excluding hydrogens is 406 g/mol. The highest BCUT2D eigenvalue weighted by molar-refractivity contribution is 5.97. The highest BCUT2D eigenvalue weighted by Gasteiger charge is 2.24. The van der Waals surface area contributed by atoms with Crippen LogP contribution < -0.4 is 15.4 Å². The van der Waals surface area contributed by atoms with E-state index < -0.39 is 0 Å². The Kier molecular flexibility index (Phi) is 5.26. The molecule has 0 amide bonds. The van der Waals surface area contributed by atoms with Crippen LogP contribution in [0.5, 0.6) is 0 Å². The summed E-state index contributed by atoms with van der Waals surface area (Å²) in [6, 6.07) is 10.3. The van der Waals surface area contributed by atoms with Crippen LogP contribution in [-0.4, -0.2) is 76.7 Å². The zero-order chi connectivity index (χ0) is 22.2. The molecule has 0 bridgehead atoms. The second kappa shape index (κ2) is 8.23. The van der Waals surface area contributed by atoms with Gasteiger partial charge in [0.1, 0.15) is 11.2 Å². The van der Waals surface area contributed by atoms with Gasteiger partial charge in [-0.15, -0.1) is 0 Å². The molecule has 2 aliphatic rings. The molecular formula is C23H27N7O2. The number of fused-ring (bicyclic) bond motifs is 1. The van der Waals surface area contributed by atoms with E-state index >= 15 is 0 Å². The van der Waals surface area contributed by atoms with Crippen molar-refractivity contribution in [3.05, 3.63) is 47.0 Å². The molecule has 2 saturated heterocycles. The average Bonchev–Trinajstić information content (AvgIpc) is 3.31. The number of hydrogen-bond acceptors (Lipinski definition) is 8. The van der Waals surface area contributed by atoms with Crippen molar-refractivity contribution >= 4 is 28.1 Å². The molecule has 32 heavy (non-hydrogen) atoms. The molecule has 166 valence electrons. The van der Waals surface area contributed by atoms with Gasteiger partial charge < -0.3 is 24.5 Å². The number of oxime groups is 1. The van der Waals surface area contributed by atoms with Crippen molar-refractivity contribution in [2.75, 3.05) is 56.1 Å². The molecule has 9 heteroatoms. The number of rotatable bonds is 3. The molecule has 4 heterocycles. The van der Waals surface area contributed by atoms with Gasteiger partial charge in [0.05, 0.1) is 29.8 Å². The Morgan fingerprint density at radius 1 is 1.00 bits per heavy atom. The van der Waals surface area contributed by atoms with Gasteiger partial charge in [-0.25, -0.2) is 9.97 Å². The number of aryl methyl sites for hydroxylation is 1. The van der Waals surface area contributed by atoms with Crippen LogP contribution in [0.1, 0.15) is 6.42 Å². The van der Waals surface area contributed by atoms with E-state index in [4.69, 9.17) is 4.98 Å². The fourth-order valence-corrected chi connectivity index (χ4v) is 4.39. The summed E-state index contributed by atoms with van der Waals surface area (Å²) in [6.07, 6.45) is 2.18. The SMILES string of the molecule is CN1CCN(c2ccc(-c3cc4ncn(C)c(=O)c4c(N4CCC(=NO)C4)n3)cc2)CC1. The largest absolute Gasteiger partial charge is 0.411 e. The van der Waals surface area contributed by atoms with Crippen molar-refractivity contribution in [1.29, 1.82) is 0 Å². The van der Waals surface area contributed by atoms with Crippen LogP contribution in [0.2, 0.25) is 0 Å². The van der Waals surface area contributed by atoms with Gasteiger partial charge in [0.25, 0.3) is 5.56 Å². The monoisotopic (exact) mass is 433 g/mol. The lowest BCUT2D eigenvalue weighted by Crippen LogP contribution is -2.44. The van der Waals surface area contributed by atoms with E-state index in [-0.39, 0.29) is 5.56 Å². The third kappa shape index (κ3) is 3.69. The summed E-state index contributed by atoms with van der Waals surface area (Å²) in [5.74, 6) is 0.591. The van der Waals surface area contributed by atoms with Crippen molar-refractivity contribution in [2.24, 2.45) is 12.2 Å². The number of nitrogens with zero attached hydrogens (tertiary/aromatic N) is 7. The number of aromatic nitrogens is 3. The first kappa shape index (κ1) is 20.4. The lowest BCUT2D eigenvalue weighted by molar-refractivity contribution is 0.313. The van der Waals surface area contributed by atoms with Gasteiger partial charge >= 0.3 is 0 Å². The van der Waals surface area contributed by atoms with Crippen molar-refractivity contribution in [2.45, 2.75) is 6.42 Å². The van der Waals surface area contributed by atoms with Gasteiger partial charge in [-0.1, -0.05) is 17.3 Å². The maximum absolute atomic E-state index is 12.9. The third-order valence-corrected chi connectivity index (χ3v) is 6.40. The first-order chi connectivity index (χ1) is 15.5. The van der Waals surface area contributed by atoms with Crippen LogP contribution in [-0.2, 0) is 7.05 Å². The molecule has 0 aliphatic carbocycles. The Morgan fingerprint density at radius 3 is 2.44 bits per heavy atom. The third-order valence-electron chi connectivity index (χ3n) is 6.40. The zero-order valence-corrected chi connectivity index (χ0v) is 18.4. The minimum atomic E-state index is -0.135. The molecule has 5 rings (SSSR count). The maximum Gasteiger partial charge on any atom is 0.264 e. The molecule has 9 nitrogen and oxygen atoms in total. The average molecular weight is 434 g/mol. The van der Waals surface area contributed by atoms with Crippen LogP contribution in [0.4, 0.5) is 11.5 Å². The Hall–Kier alpha value is -3.46. The molecule has 0 atom stereocenters. The first-order valence-electron chi connectivity index (χ1n) is 10.9. The Balaban J connectivity index is 1.55. The van der Waals surface area contributed by atoms with E-state index in [1.54, 1.807) is 13.4 Å². The quantitative estimate of drug-likeness (QED) is 0.497. The molecule has 1 aromatic carbocycles. The van der Waals surface area contributed by atoms with Crippen molar-refractivity contribution in [3.63, 3.8) is 0 Å². The van der Waals surface area contributed by atoms with Crippen molar-refractivity contribution in [1.82, 2.24) is 19.4 Å². The molecule has 0 unspecified atom stereocenters. The van der Waals surface area contributed by atoms with E-state index in [2.05, 4.69) is 51.3 Å². The van der Waals surface area contributed by atoms with Gasteiger partial charge in [0, 0.05) is 57.4 Å². The van der Waals surface area contributed by atoms with Gasteiger partial charge in [0.15, 0.2) is 0 Å². The summed E-state index contributed by atoms with van der Waals surface area (Å²) < 4.78 is 1.47. The predicted octanol–water partition coefficient (Wildman–Crippen LogP) is 1.79. The number of anilines is 2. The van der Waals surface area contributed by atoms with Gasteiger partial charge in [0.2, 0.25) is 0 Å². The van der Waals surface area contributed by atoms with Gasteiger partial charge in [-0.2, -0.15) is 0 Å². The zero-order valence-electron chi connectivity index (χ0n) is 18.4. The smallest absolute Gasteiger partial charge is 0.264 e. The molecule has 0 spiro atoms. The highest BCUT2D eigenvalue weighted by atomic mass is 16.4. The van der Waals surface area contributed by atoms with Crippen LogP contribution in [0.15, 0.2) is 46.6 Å². The van der Waals surface area contributed by atoms with Gasteiger partial charge in [-0.3, -0.25) is 4.79 Å². The van der Waals surface area contributed by atoms with Gasteiger partial charge in [-0.05, 0) is 25.2 Å². The Bertz CT molecular complexity index is 1230. The topological polar surface area (TPSA) is 90.1 Å². The molecule has 2 fully saturated rings. The predicted molar refractivity (Wildman–Crippen MR) is 126 cm³/mol. The number of benzene rings is 1. The van der Waals surface area contributed by atoms with E-state index in [1.165, 1.54) is 10.3 Å². The summed E-state index contributed by atoms with van der Waals surface area (Å²) in [5.41, 5.74) is 4.12. The maximum atomic E-state index is 12.9. The van der Waals surface area contributed by atoms with Crippen molar-refractivity contribution < 1.29 is 5.21 Å². The Labute approximate surface area is 186 Å². The Morgan fingerprint density at radius 2 is 1.75 bits per heavy atom. The lowest BCUT2D eigenvalue weighted by atomic mass is 10.1. The van der Waals surface area contributed by atoms with Crippen LogP contribution in [0.3, 0.4) is 0 Å². The summed E-state index contributed by atoms with van der Waals surface area (Å²) in [7, 11) is 3.84. The van der Waals surface area contributed by atoms with Crippen LogP contribution in [0.25, 0.3) is 22.2 Å². The second-order valence-corrected chi connectivity index (χ2v) is 8.56. The lowest BCUT2D eigenvalue weighted by Gasteiger charge is -2.34. The molecule has 0 radical (unpaired) electrons. The van der Waals surface area contributed by atoms with Crippen LogP contribution in [0, 0.1) is 0 Å². The number of hydrogen-bond donors (Lipinski definition) is 1. The fourth-order valence-electron chi connectivity index (χ4n) is 4.39. The van der Waals surface area contributed by atoms with E-state index in [0.29, 0.717) is 41.9 Å². The number of likely N-dealkylation sites (N-methyl/N-ethyl adjacent to an activating group) is 1. The number of pyridine rings is 1. The summed E-state index contributed by atoms with van der Waals surface area (Å²) in [6.45, 7) is 5.25. The van der Waals surface area contributed by atoms with E-state index in [9.17, 15) is 10.0 Å². The first-order valence-corrected chi connectivity index (χ1v) is 10.9. The number of piperazine rings is 1. The van der Waals surface area contributed by atoms with Crippen LogP contribution >= 0.6 is 0 Å². The molecule has 2 aromatic heterocycles. The standard InChI is InChI=1S/C23H27N7O2/c1-27-9-11-29(12-10-27)18-5-3-16(4-6-18)19-13-20-21(23(31)28(2)15-24-20)22(25-19)30-8-7-17(14-30)26-32/h3-6,13,15,32H,7-12,14H2,1-2H3. The minimum Gasteiger partial charge on any atom is -0.411 e. The van der Waals surface area contributed by atoms with E-state index in [0.717, 1.165) is 37.4 Å².